The highest BCUT2D eigenvalue weighted by Crippen LogP contribution is 2.10. The van der Waals surface area contributed by atoms with Gasteiger partial charge in [-0.2, -0.15) is 0 Å². The van der Waals surface area contributed by atoms with Crippen LogP contribution in [0.5, 0.6) is 0 Å². The van der Waals surface area contributed by atoms with Gasteiger partial charge in [0.25, 0.3) is 0 Å². The zero-order valence-electron chi connectivity index (χ0n) is 6.32. The molecular weight excluding hydrogens is 168 g/mol. The predicted octanol–water partition coefficient (Wildman–Crippen LogP) is -0.188. The van der Waals surface area contributed by atoms with Gasteiger partial charge in [0.1, 0.15) is 5.25 Å². The predicted molar refractivity (Wildman–Crippen MR) is 42.8 cm³/mol. The normalized spacial score (nSPS) is 12.9. The Morgan fingerprint density at radius 2 is 2.36 bits per heavy atom. The average molecular weight is 180 g/mol. The van der Waals surface area contributed by atoms with Gasteiger partial charge >= 0.3 is 5.97 Å². The zero-order valence-corrected chi connectivity index (χ0v) is 7.13. The van der Waals surface area contributed by atoms with Crippen molar-refractivity contribution in [1.82, 2.24) is 0 Å². The molecule has 66 valence electrons. The van der Waals surface area contributed by atoms with Gasteiger partial charge in [-0.1, -0.05) is 0 Å². The molecule has 1 atom stereocenters. The Morgan fingerprint density at radius 3 is 2.73 bits per heavy atom. The van der Waals surface area contributed by atoms with E-state index in [9.17, 15) is 4.79 Å². The van der Waals surface area contributed by atoms with Crippen LogP contribution in [-0.2, 0) is 9.53 Å². The van der Waals surface area contributed by atoms with Crippen LogP contribution in [0.2, 0.25) is 0 Å². The number of aliphatic hydroxyl groups is 1. The molecule has 0 radical (unpaired) electrons. The summed E-state index contributed by atoms with van der Waals surface area (Å²) in [7, 11) is 1.45. The van der Waals surface area contributed by atoms with E-state index in [0.29, 0.717) is 5.75 Å². The fourth-order valence-electron chi connectivity index (χ4n) is 0.537. The Kier molecular flexibility index (Phi) is 6.30. The van der Waals surface area contributed by atoms with Crippen molar-refractivity contribution in [3.63, 3.8) is 0 Å². The largest absolute Gasteiger partial charge is 0.480 e. The van der Waals surface area contributed by atoms with Gasteiger partial charge in [-0.15, -0.1) is 11.8 Å². The van der Waals surface area contributed by atoms with Crippen LogP contribution in [-0.4, -0.2) is 47.5 Å². The third kappa shape index (κ3) is 5.06. The first kappa shape index (κ1) is 10.7. The molecule has 0 aliphatic heterocycles. The van der Waals surface area contributed by atoms with Crippen molar-refractivity contribution in [2.75, 3.05) is 26.1 Å². The Morgan fingerprint density at radius 1 is 1.73 bits per heavy atom. The number of hydrogen-bond donors (Lipinski definition) is 2. The van der Waals surface area contributed by atoms with E-state index in [1.807, 2.05) is 0 Å². The summed E-state index contributed by atoms with van der Waals surface area (Å²) in [5.74, 6) is -0.467. The summed E-state index contributed by atoms with van der Waals surface area (Å²) in [4.78, 5) is 10.4. The first-order valence-corrected chi connectivity index (χ1v) is 4.21. The number of thioether (sulfide) groups is 1. The van der Waals surface area contributed by atoms with Crippen LogP contribution >= 0.6 is 11.8 Å². The molecule has 0 aromatic heterocycles. The van der Waals surface area contributed by atoms with E-state index in [4.69, 9.17) is 10.2 Å². The van der Waals surface area contributed by atoms with Gasteiger partial charge in [0, 0.05) is 12.9 Å². The van der Waals surface area contributed by atoms with Gasteiger partial charge in [-0.3, -0.25) is 4.79 Å². The van der Waals surface area contributed by atoms with E-state index in [1.54, 1.807) is 0 Å². The molecule has 1 unspecified atom stereocenters. The van der Waals surface area contributed by atoms with Crippen LogP contribution in [0.15, 0.2) is 0 Å². The molecule has 2 N–H and O–H groups in total. The maximum Gasteiger partial charge on any atom is 0.319 e. The molecular formula is C6H12O4S. The molecule has 0 aromatic rings. The number of carbonyl (C=O) groups is 1. The van der Waals surface area contributed by atoms with Crippen LogP contribution in [0.1, 0.15) is 0 Å². The van der Waals surface area contributed by atoms with E-state index < -0.39 is 11.2 Å². The third-order valence-electron chi connectivity index (χ3n) is 1.00. The summed E-state index contributed by atoms with van der Waals surface area (Å²) in [6, 6.07) is 0. The number of hydrogen-bond acceptors (Lipinski definition) is 4. The molecule has 0 fully saturated rings. The Balaban J connectivity index is 3.60. The number of carboxylic acids is 1. The second kappa shape index (κ2) is 6.45. The minimum atomic E-state index is -0.898. The second-order valence-corrected chi connectivity index (χ2v) is 3.19. The van der Waals surface area contributed by atoms with Crippen molar-refractivity contribution in [1.29, 1.82) is 0 Å². The van der Waals surface area contributed by atoms with Crippen molar-refractivity contribution in [2.45, 2.75) is 5.25 Å². The summed E-state index contributed by atoms with van der Waals surface area (Å²) in [6.07, 6.45) is 0. The molecule has 0 bridgehead atoms. The van der Waals surface area contributed by atoms with Crippen LogP contribution in [0.4, 0.5) is 0 Å². The molecule has 0 spiro atoms. The SMILES string of the molecule is COCC(SCCO)C(=O)O. The van der Waals surface area contributed by atoms with Gasteiger partial charge in [0.2, 0.25) is 0 Å². The molecule has 0 aliphatic rings. The number of rotatable bonds is 6. The number of aliphatic hydroxyl groups excluding tert-OH is 1. The molecule has 0 aromatic carbocycles. The Hall–Kier alpha value is -0.260. The quantitative estimate of drug-likeness (QED) is 0.593. The highest BCUT2D eigenvalue weighted by atomic mass is 32.2. The molecule has 0 saturated heterocycles. The molecule has 5 heteroatoms. The number of methoxy groups -OCH3 is 1. The molecule has 4 nitrogen and oxygen atoms in total. The van der Waals surface area contributed by atoms with E-state index >= 15 is 0 Å². The van der Waals surface area contributed by atoms with E-state index in [2.05, 4.69) is 4.74 Å². The number of carboxylic acid groups (broad SMARTS) is 1. The van der Waals surface area contributed by atoms with Gasteiger partial charge in [-0.05, 0) is 0 Å². The monoisotopic (exact) mass is 180 g/mol. The molecule has 0 amide bonds. The van der Waals surface area contributed by atoms with Crippen molar-refractivity contribution < 1.29 is 19.7 Å². The lowest BCUT2D eigenvalue weighted by Gasteiger charge is -2.08. The lowest BCUT2D eigenvalue weighted by molar-refractivity contribution is -0.137. The van der Waals surface area contributed by atoms with E-state index in [0.717, 1.165) is 0 Å². The second-order valence-electron chi connectivity index (χ2n) is 1.88. The highest BCUT2D eigenvalue weighted by molar-refractivity contribution is 8.00. The molecule has 0 rings (SSSR count). The number of aliphatic carboxylic acids is 1. The number of ether oxygens (including phenoxy) is 1. The standard InChI is InChI=1S/C6H12O4S/c1-10-4-5(6(8)9)11-3-2-7/h5,7H,2-4H2,1H3,(H,8,9). The topological polar surface area (TPSA) is 66.8 Å². The molecule has 0 aliphatic carbocycles. The first-order valence-electron chi connectivity index (χ1n) is 3.16. The summed E-state index contributed by atoms with van der Waals surface area (Å²) >= 11 is 1.18. The fourth-order valence-corrected chi connectivity index (χ4v) is 1.30. The van der Waals surface area contributed by atoms with E-state index in [1.165, 1.54) is 18.9 Å². The van der Waals surface area contributed by atoms with Gasteiger partial charge < -0.3 is 14.9 Å². The molecule has 0 heterocycles. The van der Waals surface area contributed by atoms with Crippen LogP contribution in [0, 0.1) is 0 Å². The Labute approximate surface area is 69.6 Å². The maximum absolute atomic E-state index is 10.4. The van der Waals surface area contributed by atoms with Crippen molar-refractivity contribution >= 4 is 17.7 Å². The van der Waals surface area contributed by atoms with Gasteiger partial charge in [0.15, 0.2) is 0 Å². The Bertz CT molecular complexity index is 117. The highest BCUT2D eigenvalue weighted by Gasteiger charge is 2.16. The van der Waals surface area contributed by atoms with Crippen LogP contribution in [0.25, 0.3) is 0 Å². The van der Waals surface area contributed by atoms with Crippen LogP contribution in [0.3, 0.4) is 0 Å². The summed E-state index contributed by atoms with van der Waals surface area (Å²) in [5, 5.41) is 16.4. The fraction of sp³-hybridized carbons (Fsp3) is 0.833. The summed E-state index contributed by atoms with van der Waals surface area (Å²) < 4.78 is 4.68. The summed E-state index contributed by atoms with van der Waals surface area (Å²) in [5.41, 5.74) is 0. The lowest BCUT2D eigenvalue weighted by Crippen LogP contribution is -2.22. The van der Waals surface area contributed by atoms with Crippen LogP contribution < -0.4 is 0 Å². The molecule has 11 heavy (non-hydrogen) atoms. The lowest BCUT2D eigenvalue weighted by atomic mass is 10.5. The average Bonchev–Trinajstić information content (AvgIpc) is 1.97. The summed E-state index contributed by atoms with van der Waals surface area (Å²) in [6.45, 7) is 0.179. The zero-order chi connectivity index (χ0) is 8.69. The first-order chi connectivity index (χ1) is 5.22. The van der Waals surface area contributed by atoms with Gasteiger partial charge in [0.05, 0.1) is 13.2 Å². The van der Waals surface area contributed by atoms with Crippen molar-refractivity contribution in [3.8, 4) is 0 Å². The smallest absolute Gasteiger partial charge is 0.319 e. The minimum absolute atomic E-state index is 0.00182. The van der Waals surface area contributed by atoms with E-state index in [-0.39, 0.29) is 13.2 Å². The minimum Gasteiger partial charge on any atom is -0.480 e. The van der Waals surface area contributed by atoms with Gasteiger partial charge in [-0.25, -0.2) is 0 Å². The van der Waals surface area contributed by atoms with Crippen molar-refractivity contribution in [3.05, 3.63) is 0 Å². The van der Waals surface area contributed by atoms with Crippen molar-refractivity contribution in [2.24, 2.45) is 0 Å². The molecule has 0 saturated carbocycles. The third-order valence-corrected chi connectivity index (χ3v) is 2.16. The maximum atomic E-state index is 10.4.